The van der Waals surface area contributed by atoms with Crippen LogP contribution in [0.25, 0.3) is 0 Å². The second-order valence-electron chi connectivity index (χ2n) is 5.48. The summed E-state index contributed by atoms with van der Waals surface area (Å²) in [4.78, 5) is 12.3. The van der Waals surface area contributed by atoms with Crippen molar-refractivity contribution in [3.05, 3.63) is 53.6 Å². The van der Waals surface area contributed by atoms with Crippen LogP contribution in [0.1, 0.15) is 18.1 Å². The maximum absolute atomic E-state index is 12.7. The lowest BCUT2D eigenvalue weighted by atomic mass is 10.2. The van der Waals surface area contributed by atoms with Crippen molar-refractivity contribution in [1.82, 2.24) is 0 Å². The van der Waals surface area contributed by atoms with Crippen molar-refractivity contribution in [2.45, 2.75) is 26.1 Å². The largest absolute Gasteiger partial charge is 0.495 e. The van der Waals surface area contributed by atoms with E-state index in [1.54, 1.807) is 12.1 Å². The van der Waals surface area contributed by atoms with Gasteiger partial charge in [0.15, 0.2) is 6.10 Å². The van der Waals surface area contributed by atoms with Gasteiger partial charge in [-0.1, -0.05) is 12.1 Å². The number of halogens is 3. The van der Waals surface area contributed by atoms with Crippen LogP contribution < -0.4 is 14.8 Å². The lowest BCUT2D eigenvalue weighted by Gasteiger charge is -2.17. The van der Waals surface area contributed by atoms with E-state index in [1.807, 2.05) is 13.0 Å². The number of methoxy groups -OCH3 is 1. The number of hydrogen-bond donors (Lipinski definition) is 1. The molecular formula is C18H18F3NO3. The Morgan fingerprint density at radius 2 is 1.88 bits per heavy atom. The second-order valence-corrected chi connectivity index (χ2v) is 5.48. The molecule has 0 saturated heterocycles. The fourth-order valence-corrected chi connectivity index (χ4v) is 2.16. The van der Waals surface area contributed by atoms with Gasteiger partial charge >= 0.3 is 6.18 Å². The van der Waals surface area contributed by atoms with Crippen molar-refractivity contribution in [2.24, 2.45) is 0 Å². The lowest BCUT2D eigenvalue weighted by molar-refractivity contribution is -0.137. The van der Waals surface area contributed by atoms with E-state index in [-0.39, 0.29) is 5.75 Å². The third-order valence-electron chi connectivity index (χ3n) is 3.46. The normalized spacial score (nSPS) is 12.4. The summed E-state index contributed by atoms with van der Waals surface area (Å²) in [5, 5.41) is 2.66. The quantitative estimate of drug-likeness (QED) is 0.865. The summed E-state index contributed by atoms with van der Waals surface area (Å²) in [5.41, 5.74) is 0.549. The van der Waals surface area contributed by atoms with E-state index in [2.05, 4.69) is 5.32 Å². The zero-order valence-electron chi connectivity index (χ0n) is 14.0. The van der Waals surface area contributed by atoms with E-state index in [0.717, 1.165) is 17.7 Å². The zero-order chi connectivity index (χ0) is 18.6. The number of amides is 1. The van der Waals surface area contributed by atoms with Gasteiger partial charge in [-0.15, -0.1) is 0 Å². The minimum Gasteiger partial charge on any atom is -0.495 e. The number of alkyl halides is 3. The summed E-state index contributed by atoms with van der Waals surface area (Å²) in [5.74, 6) is -0.0554. The highest BCUT2D eigenvalue weighted by Gasteiger charge is 2.31. The van der Waals surface area contributed by atoms with Crippen LogP contribution in [0, 0.1) is 6.92 Å². The lowest BCUT2D eigenvalue weighted by Crippen LogP contribution is -2.30. The molecule has 0 aliphatic heterocycles. The molecule has 2 aromatic carbocycles. The van der Waals surface area contributed by atoms with Crippen molar-refractivity contribution >= 4 is 11.6 Å². The molecule has 1 atom stereocenters. The summed E-state index contributed by atoms with van der Waals surface area (Å²) in [6.07, 6.45) is -5.46. The molecule has 0 fully saturated rings. The van der Waals surface area contributed by atoms with Gasteiger partial charge in [-0.05, 0) is 49.7 Å². The zero-order valence-corrected chi connectivity index (χ0v) is 14.0. The molecule has 0 heterocycles. The van der Waals surface area contributed by atoms with Crippen molar-refractivity contribution in [1.29, 1.82) is 0 Å². The predicted molar refractivity (Wildman–Crippen MR) is 87.9 cm³/mol. The van der Waals surface area contributed by atoms with Gasteiger partial charge in [-0.25, -0.2) is 0 Å². The predicted octanol–water partition coefficient (Wildman–Crippen LogP) is 4.43. The molecule has 0 saturated carbocycles. The van der Waals surface area contributed by atoms with Crippen molar-refractivity contribution in [2.75, 3.05) is 12.4 Å². The fourth-order valence-electron chi connectivity index (χ4n) is 2.16. The molecule has 1 N–H and O–H groups in total. The van der Waals surface area contributed by atoms with E-state index >= 15 is 0 Å². The molecule has 2 aromatic rings. The number of carbonyl (C=O) groups is 1. The van der Waals surface area contributed by atoms with Gasteiger partial charge in [-0.3, -0.25) is 4.79 Å². The van der Waals surface area contributed by atoms with Crippen LogP contribution in [0.15, 0.2) is 42.5 Å². The van der Waals surface area contributed by atoms with Gasteiger partial charge in [0.25, 0.3) is 5.91 Å². The van der Waals surface area contributed by atoms with Gasteiger partial charge < -0.3 is 14.8 Å². The number of benzene rings is 2. The average molecular weight is 353 g/mol. The molecule has 0 aliphatic rings. The second kappa shape index (κ2) is 7.46. The molecule has 0 aliphatic carbocycles. The van der Waals surface area contributed by atoms with Gasteiger partial charge in [-0.2, -0.15) is 13.2 Å². The number of hydrogen-bond acceptors (Lipinski definition) is 3. The molecule has 134 valence electrons. The highest BCUT2D eigenvalue weighted by Crippen LogP contribution is 2.31. The van der Waals surface area contributed by atoms with Gasteiger partial charge in [0.1, 0.15) is 11.5 Å². The van der Waals surface area contributed by atoms with Crippen molar-refractivity contribution < 1.29 is 27.4 Å². The highest BCUT2D eigenvalue weighted by molar-refractivity contribution is 5.95. The number of aryl methyl sites for hydroxylation is 1. The Hall–Kier alpha value is -2.70. The van der Waals surface area contributed by atoms with Crippen molar-refractivity contribution in [3.8, 4) is 11.5 Å². The smallest absolute Gasteiger partial charge is 0.416 e. The Bertz CT molecular complexity index is 759. The van der Waals surface area contributed by atoms with E-state index < -0.39 is 23.8 Å². The third-order valence-corrected chi connectivity index (χ3v) is 3.46. The average Bonchev–Trinajstić information content (AvgIpc) is 2.54. The number of ether oxygens (including phenoxy) is 2. The Labute approximate surface area is 143 Å². The molecule has 0 spiro atoms. The van der Waals surface area contributed by atoms with E-state index in [9.17, 15) is 18.0 Å². The summed E-state index contributed by atoms with van der Waals surface area (Å²) >= 11 is 0. The van der Waals surface area contributed by atoms with Crippen LogP contribution >= 0.6 is 0 Å². The Morgan fingerprint density at radius 1 is 1.16 bits per heavy atom. The Morgan fingerprint density at radius 3 is 2.52 bits per heavy atom. The first-order valence-electron chi connectivity index (χ1n) is 7.50. The van der Waals surface area contributed by atoms with Crippen LogP contribution in [0.2, 0.25) is 0 Å². The molecule has 1 unspecified atom stereocenters. The molecule has 2 rings (SSSR count). The van der Waals surface area contributed by atoms with Crippen LogP contribution in [-0.4, -0.2) is 19.1 Å². The minimum absolute atomic E-state index is 0.0336. The Balaban J connectivity index is 2.10. The van der Waals surface area contributed by atoms with Crippen LogP contribution in [0.5, 0.6) is 11.5 Å². The molecular weight excluding hydrogens is 335 g/mol. The fraction of sp³-hybridized carbons (Fsp3) is 0.278. The van der Waals surface area contributed by atoms with E-state index in [1.165, 1.54) is 26.2 Å². The topological polar surface area (TPSA) is 47.6 Å². The molecule has 0 aromatic heterocycles. The minimum atomic E-state index is -4.47. The number of anilines is 1. The number of carbonyl (C=O) groups excluding carboxylic acids is 1. The number of rotatable bonds is 5. The third kappa shape index (κ3) is 4.89. The van der Waals surface area contributed by atoms with Crippen LogP contribution in [-0.2, 0) is 11.0 Å². The van der Waals surface area contributed by atoms with Crippen molar-refractivity contribution in [3.63, 3.8) is 0 Å². The summed E-state index contributed by atoms with van der Waals surface area (Å²) in [6, 6.07) is 9.67. The molecule has 4 nitrogen and oxygen atoms in total. The molecule has 0 bridgehead atoms. The van der Waals surface area contributed by atoms with Gasteiger partial charge in [0.2, 0.25) is 0 Å². The summed E-state index contributed by atoms with van der Waals surface area (Å²) < 4.78 is 48.7. The standard InChI is InChI=1S/C18H18F3NO3/c1-11-7-8-16(24-3)15(9-11)22-17(23)12(2)25-14-6-4-5-13(10-14)18(19,20)21/h4-10,12H,1-3H3,(H,22,23). The van der Waals surface area contributed by atoms with E-state index in [0.29, 0.717) is 11.4 Å². The first-order valence-corrected chi connectivity index (χ1v) is 7.50. The maximum atomic E-state index is 12.7. The highest BCUT2D eigenvalue weighted by atomic mass is 19.4. The van der Waals surface area contributed by atoms with E-state index in [4.69, 9.17) is 9.47 Å². The monoisotopic (exact) mass is 353 g/mol. The molecule has 1 amide bonds. The summed E-state index contributed by atoms with van der Waals surface area (Å²) in [6.45, 7) is 3.32. The Kier molecular flexibility index (Phi) is 5.56. The molecule has 0 radical (unpaired) electrons. The van der Waals surface area contributed by atoms with Crippen LogP contribution in [0.3, 0.4) is 0 Å². The van der Waals surface area contributed by atoms with Gasteiger partial charge in [0, 0.05) is 0 Å². The van der Waals surface area contributed by atoms with Crippen LogP contribution in [0.4, 0.5) is 18.9 Å². The molecule has 25 heavy (non-hydrogen) atoms. The first-order chi connectivity index (χ1) is 11.7. The maximum Gasteiger partial charge on any atom is 0.416 e. The number of nitrogens with one attached hydrogen (secondary N) is 1. The first kappa shape index (κ1) is 18.6. The summed E-state index contributed by atoms with van der Waals surface area (Å²) in [7, 11) is 1.48. The molecule has 7 heteroatoms. The van der Waals surface area contributed by atoms with Gasteiger partial charge in [0.05, 0.1) is 18.4 Å². The SMILES string of the molecule is COc1ccc(C)cc1NC(=O)C(C)Oc1cccc(C(F)(F)F)c1.